The van der Waals surface area contributed by atoms with E-state index in [1.165, 1.54) is 11.1 Å². The van der Waals surface area contributed by atoms with Crippen LogP contribution >= 0.6 is 23.2 Å². The zero-order valence-corrected chi connectivity index (χ0v) is 22.2. The Morgan fingerprint density at radius 1 is 1.13 bits per heavy atom. The van der Waals surface area contributed by atoms with Crippen molar-refractivity contribution in [3.63, 3.8) is 0 Å². The first-order valence-electron chi connectivity index (χ1n) is 11.7. The molecule has 1 aliphatic rings. The maximum Gasteiger partial charge on any atom is 0.401 e. The quantitative estimate of drug-likeness (QED) is 0.319. The Hall–Kier alpha value is -3.21. The Balaban J connectivity index is 1.48. The summed E-state index contributed by atoms with van der Waals surface area (Å²) in [6.45, 7) is 5.10. The first-order valence-corrected chi connectivity index (χ1v) is 12.5. The highest BCUT2D eigenvalue weighted by molar-refractivity contribution is 6.37. The lowest BCUT2D eigenvalue weighted by Gasteiger charge is -2.40. The molecule has 198 valence electrons. The molecule has 2 aromatic heterocycles. The van der Waals surface area contributed by atoms with Gasteiger partial charge in [0.15, 0.2) is 0 Å². The van der Waals surface area contributed by atoms with E-state index in [1.807, 2.05) is 32.0 Å². The van der Waals surface area contributed by atoms with Crippen molar-refractivity contribution in [2.45, 2.75) is 38.9 Å². The number of hydrogen-bond donors (Lipinski definition) is 1. The number of alkyl halides is 3. The lowest BCUT2D eigenvalue weighted by molar-refractivity contribution is -0.149. The SMILES string of the molecule is Cc1nn(-c2c(Cl)cccc2Cl)c(=O)c2cnc(Nc3ccc4c(c3)CN(CC(F)(F)F)CC4(C)C)nc12. The number of hydrogen-bond acceptors (Lipinski definition) is 6. The van der Waals surface area contributed by atoms with Crippen molar-refractivity contribution < 1.29 is 13.2 Å². The van der Waals surface area contributed by atoms with E-state index in [9.17, 15) is 18.0 Å². The molecule has 7 nitrogen and oxygen atoms in total. The van der Waals surface area contributed by atoms with Crippen molar-refractivity contribution >= 4 is 45.7 Å². The second-order valence-electron chi connectivity index (χ2n) is 9.97. The molecule has 0 saturated heterocycles. The first-order chi connectivity index (χ1) is 17.8. The fourth-order valence-corrected chi connectivity index (χ4v) is 5.53. The fraction of sp³-hybridized carbons (Fsp3) is 0.308. The zero-order chi connectivity index (χ0) is 27.4. The number of para-hydroxylation sites is 1. The van der Waals surface area contributed by atoms with Crippen molar-refractivity contribution in [3.05, 3.63) is 79.8 Å². The molecule has 2 aromatic carbocycles. The summed E-state index contributed by atoms with van der Waals surface area (Å²) in [6.07, 6.45) is -2.88. The van der Waals surface area contributed by atoms with Gasteiger partial charge in [-0.15, -0.1) is 0 Å². The van der Waals surface area contributed by atoms with Crippen LogP contribution in [0.1, 0.15) is 30.7 Å². The van der Waals surface area contributed by atoms with Crippen LogP contribution in [0.3, 0.4) is 0 Å². The summed E-state index contributed by atoms with van der Waals surface area (Å²) in [5.74, 6) is 0.220. The summed E-state index contributed by atoms with van der Waals surface area (Å²) in [5.41, 5.74) is 2.57. The maximum atomic E-state index is 13.2. The number of halogens is 5. The van der Waals surface area contributed by atoms with Crippen LogP contribution in [-0.2, 0) is 12.0 Å². The number of nitrogens with one attached hydrogen (secondary N) is 1. The van der Waals surface area contributed by atoms with Gasteiger partial charge in [-0.05, 0) is 42.3 Å². The molecular formula is C26H23Cl2F3N6O. The van der Waals surface area contributed by atoms with Crippen LogP contribution in [0.4, 0.5) is 24.8 Å². The highest BCUT2D eigenvalue weighted by Gasteiger charge is 2.37. The smallest absolute Gasteiger partial charge is 0.324 e. The molecule has 1 N–H and O–H groups in total. The van der Waals surface area contributed by atoms with Gasteiger partial charge in [0.1, 0.15) is 11.2 Å². The molecule has 0 spiro atoms. The molecule has 0 atom stereocenters. The Morgan fingerprint density at radius 2 is 1.84 bits per heavy atom. The Bertz CT molecular complexity index is 1600. The van der Waals surface area contributed by atoms with Crippen LogP contribution in [-0.4, -0.2) is 43.9 Å². The highest BCUT2D eigenvalue weighted by atomic mass is 35.5. The van der Waals surface area contributed by atoms with E-state index < -0.39 is 23.7 Å². The van der Waals surface area contributed by atoms with Crippen LogP contribution in [0, 0.1) is 6.92 Å². The van der Waals surface area contributed by atoms with Crippen LogP contribution < -0.4 is 10.9 Å². The molecule has 4 aromatic rings. The van der Waals surface area contributed by atoms with E-state index in [0.29, 0.717) is 23.4 Å². The molecule has 0 bridgehead atoms. The summed E-state index contributed by atoms with van der Waals surface area (Å²) in [7, 11) is 0. The van der Waals surface area contributed by atoms with Gasteiger partial charge in [-0.3, -0.25) is 9.69 Å². The monoisotopic (exact) mass is 562 g/mol. The Kier molecular flexibility index (Phi) is 6.61. The molecule has 38 heavy (non-hydrogen) atoms. The average molecular weight is 563 g/mol. The lowest BCUT2D eigenvalue weighted by Crippen LogP contribution is -2.45. The van der Waals surface area contributed by atoms with Gasteiger partial charge in [0.05, 0.1) is 27.7 Å². The van der Waals surface area contributed by atoms with Gasteiger partial charge in [-0.2, -0.15) is 23.0 Å². The van der Waals surface area contributed by atoms with Crippen LogP contribution in [0.15, 0.2) is 47.4 Å². The van der Waals surface area contributed by atoms with E-state index in [2.05, 4.69) is 20.4 Å². The first kappa shape index (κ1) is 26.4. The van der Waals surface area contributed by atoms with Crippen molar-refractivity contribution in [1.82, 2.24) is 24.6 Å². The number of fused-ring (bicyclic) bond motifs is 2. The number of aromatic nitrogens is 4. The largest absolute Gasteiger partial charge is 0.401 e. The Labute approximate surface area is 226 Å². The normalized spacial score (nSPS) is 15.5. The highest BCUT2D eigenvalue weighted by Crippen LogP contribution is 2.36. The molecule has 0 amide bonds. The number of benzene rings is 2. The molecule has 12 heteroatoms. The molecule has 0 fully saturated rings. The molecule has 3 heterocycles. The second kappa shape index (κ2) is 9.52. The van der Waals surface area contributed by atoms with Crippen LogP contribution in [0.5, 0.6) is 0 Å². The number of rotatable bonds is 4. The van der Waals surface area contributed by atoms with Crippen molar-refractivity contribution in [3.8, 4) is 5.69 Å². The molecule has 0 radical (unpaired) electrons. The van der Waals surface area contributed by atoms with Gasteiger partial charge >= 0.3 is 6.18 Å². The third kappa shape index (κ3) is 5.08. The lowest BCUT2D eigenvalue weighted by atomic mass is 9.78. The van der Waals surface area contributed by atoms with E-state index in [1.54, 1.807) is 25.1 Å². The van der Waals surface area contributed by atoms with Crippen molar-refractivity contribution in [2.75, 3.05) is 18.4 Å². The predicted octanol–water partition coefficient (Wildman–Crippen LogP) is 6.19. The number of nitrogens with zero attached hydrogens (tertiary/aromatic N) is 5. The maximum absolute atomic E-state index is 13.2. The Morgan fingerprint density at radius 3 is 2.53 bits per heavy atom. The number of aryl methyl sites for hydroxylation is 1. The summed E-state index contributed by atoms with van der Waals surface area (Å²) in [4.78, 5) is 23.4. The molecule has 1 aliphatic heterocycles. The summed E-state index contributed by atoms with van der Waals surface area (Å²) < 4.78 is 40.4. The third-order valence-corrected chi connectivity index (χ3v) is 7.07. The van der Waals surface area contributed by atoms with E-state index in [4.69, 9.17) is 23.2 Å². The third-order valence-electron chi connectivity index (χ3n) is 6.46. The van der Waals surface area contributed by atoms with Gasteiger partial charge in [-0.25, -0.2) is 9.97 Å². The summed E-state index contributed by atoms with van der Waals surface area (Å²) >= 11 is 12.6. The fourth-order valence-electron chi connectivity index (χ4n) is 4.97. The van der Waals surface area contributed by atoms with Crippen LogP contribution in [0.25, 0.3) is 16.6 Å². The molecule has 5 rings (SSSR count). The van der Waals surface area contributed by atoms with E-state index in [-0.39, 0.29) is 33.6 Å². The van der Waals surface area contributed by atoms with Crippen molar-refractivity contribution in [1.29, 1.82) is 0 Å². The van der Waals surface area contributed by atoms with E-state index >= 15 is 0 Å². The average Bonchev–Trinajstić information content (AvgIpc) is 2.80. The minimum absolute atomic E-state index is 0.180. The second-order valence-corrected chi connectivity index (χ2v) is 10.8. The summed E-state index contributed by atoms with van der Waals surface area (Å²) in [5, 5.41) is 8.25. The minimum atomic E-state index is -4.27. The van der Waals surface area contributed by atoms with Crippen LogP contribution in [0.2, 0.25) is 10.0 Å². The van der Waals surface area contributed by atoms with Gasteiger partial charge in [0.2, 0.25) is 5.95 Å². The van der Waals surface area contributed by atoms with Gasteiger partial charge in [0, 0.05) is 30.4 Å². The van der Waals surface area contributed by atoms with Crippen molar-refractivity contribution in [2.24, 2.45) is 0 Å². The van der Waals surface area contributed by atoms with Gasteiger partial charge in [-0.1, -0.05) is 49.2 Å². The minimum Gasteiger partial charge on any atom is -0.324 e. The predicted molar refractivity (Wildman–Crippen MR) is 142 cm³/mol. The van der Waals surface area contributed by atoms with Gasteiger partial charge < -0.3 is 5.32 Å². The van der Waals surface area contributed by atoms with E-state index in [0.717, 1.165) is 15.8 Å². The number of anilines is 2. The molecule has 0 aliphatic carbocycles. The molecular weight excluding hydrogens is 540 g/mol. The van der Waals surface area contributed by atoms with Gasteiger partial charge in [0.25, 0.3) is 5.56 Å². The standard InChI is InChI=1S/C26H23Cl2F3N6O/c1-14-21-17(23(38)37(35-14)22-19(27)5-4-6-20(22)28)10-32-24(34-21)33-16-7-8-18-15(9-16)11-36(12-25(18,2)3)13-26(29,30)31/h4-10H,11-13H2,1-3H3,(H,32,33,34). The molecule has 0 saturated carbocycles. The zero-order valence-electron chi connectivity index (χ0n) is 20.7. The molecule has 0 unspecified atom stereocenters. The topological polar surface area (TPSA) is 75.9 Å². The summed E-state index contributed by atoms with van der Waals surface area (Å²) in [6, 6.07) is 10.5.